The molecular weight excluding hydrogens is 278 g/mol. The second kappa shape index (κ2) is 6.73. The van der Waals surface area contributed by atoms with Crippen molar-refractivity contribution in [3.63, 3.8) is 0 Å². The van der Waals surface area contributed by atoms with E-state index in [-0.39, 0.29) is 5.97 Å². The molecule has 0 unspecified atom stereocenters. The highest BCUT2D eigenvalue weighted by atomic mass is 16.5. The van der Waals surface area contributed by atoms with E-state index in [9.17, 15) is 4.79 Å². The van der Waals surface area contributed by atoms with Gasteiger partial charge in [-0.3, -0.25) is 9.67 Å². The standard InChI is InChI=1S/C17H21N3O2/c1-2-22-17(21)15-12-19-20(14-6-4-3-5-7-14)16(15)13-8-10-18-11-9-13/h8-12,14H,2-7H2,1H3. The fraction of sp³-hybridized carbons (Fsp3) is 0.471. The van der Waals surface area contributed by atoms with Crippen LogP contribution < -0.4 is 0 Å². The summed E-state index contributed by atoms with van der Waals surface area (Å²) in [5.41, 5.74) is 2.35. The Morgan fingerprint density at radius 1 is 1.27 bits per heavy atom. The second-order valence-electron chi connectivity index (χ2n) is 5.60. The van der Waals surface area contributed by atoms with Crippen molar-refractivity contribution in [2.24, 2.45) is 0 Å². The van der Waals surface area contributed by atoms with Crippen LogP contribution in [-0.4, -0.2) is 27.3 Å². The van der Waals surface area contributed by atoms with Gasteiger partial charge < -0.3 is 4.74 Å². The molecule has 1 aliphatic rings. The Hall–Kier alpha value is -2.17. The van der Waals surface area contributed by atoms with Gasteiger partial charge in [-0.1, -0.05) is 19.3 Å². The van der Waals surface area contributed by atoms with Gasteiger partial charge in [-0.25, -0.2) is 4.79 Å². The summed E-state index contributed by atoms with van der Waals surface area (Å²) in [5.74, 6) is -0.309. The van der Waals surface area contributed by atoms with Gasteiger partial charge in [0.05, 0.1) is 24.5 Å². The summed E-state index contributed by atoms with van der Waals surface area (Å²) in [7, 11) is 0. The first-order valence-corrected chi connectivity index (χ1v) is 7.96. The first kappa shape index (κ1) is 14.8. The predicted octanol–water partition coefficient (Wildman–Crippen LogP) is 3.63. The molecule has 1 fully saturated rings. The number of ether oxygens (including phenoxy) is 1. The largest absolute Gasteiger partial charge is 0.462 e. The number of carbonyl (C=O) groups excluding carboxylic acids is 1. The number of esters is 1. The van der Waals surface area contributed by atoms with E-state index in [1.165, 1.54) is 19.3 Å². The highest BCUT2D eigenvalue weighted by Gasteiger charge is 2.25. The van der Waals surface area contributed by atoms with E-state index in [0.717, 1.165) is 24.1 Å². The van der Waals surface area contributed by atoms with Crippen molar-refractivity contribution in [3.05, 3.63) is 36.3 Å². The van der Waals surface area contributed by atoms with Crippen LogP contribution in [0, 0.1) is 0 Å². The smallest absolute Gasteiger partial charge is 0.341 e. The third kappa shape index (κ3) is 2.89. The molecule has 0 amide bonds. The highest BCUT2D eigenvalue weighted by Crippen LogP contribution is 2.33. The van der Waals surface area contributed by atoms with Crippen LogP contribution >= 0.6 is 0 Å². The Bertz CT molecular complexity index is 631. The van der Waals surface area contributed by atoms with Crippen molar-refractivity contribution in [1.82, 2.24) is 14.8 Å². The molecule has 2 aromatic heterocycles. The topological polar surface area (TPSA) is 57.0 Å². The lowest BCUT2D eigenvalue weighted by Crippen LogP contribution is -2.16. The van der Waals surface area contributed by atoms with E-state index in [1.807, 2.05) is 23.7 Å². The van der Waals surface area contributed by atoms with Gasteiger partial charge in [0.2, 0.25) is 0 Å². The number of hydrogen-bond acceptors (Lipinski definition) is 4. The van der Waals surface area contributed by atoms with Crippen molar-refractivity contribution in [1.29, 1.82) is 0 Å². The summed E-state index contributed by atoms with van der Waals surface area (Å²) < 4.78 is 7.20. The molecule has 0 spiro atoms. The quantitative estimate of drug-likeness (QED) is 0.809. The summed E-state index contributed by atoms with van der Waals surface area (Å²) >= 11 is 0. The van der Waals surface area contributed by atoms with Gasteiger partial charge in [-0.15, -0.1) is 0 Å². The normalized spacial score (nSPS) is 15.7. The van der Waals surface area contributed by atoms with E-state index in [4.69, 9.17) is 4.74 Å². The number of rotatable bonds is 4. The second-order valence-corrected chi connectivity index (χ2v) is 5.60. The number of pyridine rings is 1. The van der Waals surface area contributed by atoms with Gasteiger partial charge in [0.15, 0.2) is 0 Å². The zero-order valence-corrected chi connectivity index (χ0v) is 12.9. The van der Waals surface area contributed by atoms with Crippen molar-refractivity contribution in [2.45, 2.75) is 45.1 Å². The predicted molar refractivity (Wildman–Crippen MR) is 83.5 cm³/mol. The maximum Gasteiger partial charge on any atom is 0.341 e. The Morgan fingerprint density at radius 2 is 2.00 bits per heavy atom. The number of hydrogen-bond donors (Lipinski definition) is 0. The number of aromatic nitrogens is 3. The number of carbonyl (C=O) groups is 1. The molecule has 116 valence electrons. The van der Waals surface area contributed by atoms with Crippen LogP contribution in [0.1, 0.15) is 55.4 Å². The van der Waals surface area contributed by atoms with Crippen LogP contribution in [0.2, 0.25) is 0 Å². The van der Waals surface area contributed by atoms with Crippen molar-refractivity contribution in [3.8, 4) is 11.3 Å². The van der Waals surface area contributed by atoms with E-state index in [2.05, 4.69) is 10.1 Å². The molecule has 0 aliphatic heterocycles. The van der Waals surface area contributed by atoms with Gasteiger partial charge in [-0.05, 0) is 31.9 Å². The molecule has 0 bridgehead atoms. The van der Waals surface area contributed by atoms with Gasteiger partial charge in [0.1, 0.15) is 5.56 Å². The van der Waals surface area contributed by atoms with Crippen molar-refractivity contribution in [2.75, 3.05) is 6.61 Å². The van der Waals surface area contributed by atoms with Crippen LogP contribution in [0.4, 0.5) is 0 Å². The zero-order valence-electron chi connectivity index (χ0n) is 12.9. The molecular formula is C17H21N3O2. The molecule has 1 saturated carbocycles. The first-order valence-electron chi connectivity index (χ1n) is 7.96. The monoisotopic (exact) mass is 299 g/mol. The van der Waals surface area contributed by atoms with Crippen LogP contribution in [0.3, 0.4) is 0 Å². The van der Waals surface area contributed by atoms with E-state index in [1.54, 1.807) is 18.6 Å². The Morgan fingerprint density at radius 3 is 2.68 bits per heavy atom. The minimum absolute atomic E-state index is 0.309. The Balaban J connectivity index is 2.04. The van der Waals surface area contributed by atoms with E-state index in [0.29, 0.717) is 18.2 Å². The van der Waals surface area contributed by atoms with Crippen LogP contribution in [0.25, 0.3) is 11.3 Å². The lowest BCUT2D eigenvalue weighted by atomic mass is 9.95. The summed E-state index contributed by atoms with van der Waals surface area (Å²) in [5, 5.41) is 4.51. The molecule has 3 rings (SSSR count). The molecule has 5 heteroatoms. The SMILES string of the molecule is CCOC(=O)c1cnn(C2CCCCC2)c1-c1ccncc1. The molecule has 0 atom stereocenters. The fourth-order valence-corrected chi connectivity index (χ4v) is 3.12. The molecule has 1 aliphatic carbocycles. The highest BCUT2D eigenvalue weighted by molar-refractivity contribution is 5.96. The van der Waals surface area contributed by atoms with Gasteiger partial charge >= 0.3 is 5.97 Å². The minimum Gasteiger partial charge on any atom is -0.462 e. The molecule has 0 N–H and O–H groups in total. The third-order valence-corrected chi connectivity index (χ3v) is 4.17. The van der Waals surface area contributed by atoms with Gasteiger partial charge in [-0.2, -0.15) is 5.10 Å². The van der Waals surface area contributed by atoms with E-state index >= 15 is 0 Å². The Kier molecular flexibility index (Phi) is 4.51. The molecule has 0 radical (unpaired) electrons. The summed E-state index contributed by atoms with van der Waals surface area (Å²) in [6, 6.07) is 4.19. The molecule has 2 heterocycles. The molecule has 2 aromatic rings. The lowest BCUT2D eigenvalue weighted by Gasteiger charge is -2.24. The summed E-state index contributed by atoms with van der Waals surface area (Å²) in [6.45, 7) is 2.18. The van der Waals surface area contributed by atoms with Crippen LogP contribution in [0.15, 0.2) is 30.7 Å². The lowest BCUT2D eigenvalue weighted by molar-refractivity contribution is 0.0527. The molecule has 0 aromatic carbocycles. The molecule has 22 heavy (non-hydrogen) atoms. The van der Waals surface area contributed by atoms with Crippen LogP contribution in [-0.2, 0) is 4.74 Å². The molecule has 5 nitrogen and oxygen atoms in total. The Labute approximate surface area is 130 Å². The maximum absolute atomic E-state index is 12.2. The zero-order chi connectivity index (χ0) is 15.4. The summed E-state index contributed by atoms with van der Waals surface area (Å²) in [6.07, 6.45) is 11.1. The van der Waals surface area contributed by atoms with E-state index < -0.39 is 0 Å². The van der Waals surface area contributed by atoms with Gasteiger partial charge in [0.25, 0.3) is 0 Å². The first-order chi connectivity index (χ1) is 10.8. The number of nitrogens with zero attached hydrogens (tertiary/aromatic N) is 3. The molecule has 0 saturated heterocycles. The maximum atomic E-state index is 12.2. The van der Waals surface area contributed by atoms with Gasteiger partial charge in [0, 0.05) is 18.0 Å². The minimum atomic E-state index is -0.309. The average Bonchev–Trinajstić information content (AvgIpc) is 3.02. The van der Waals surface area contributed by atoms with Crippen molar-refractivity contribution >= 4 is 5.97 Å². The fourth-order valence-electron chi connectivity index (χ4n) is 3.12. The van der Waals surface area contributed by atoms with Crippen molar-refractivity contribution < 1.29 is 9.53 Å². The third-order valence-electron chi connectivity index (χ3n) is 4.17. The summed E-state index contributed by atoms with van der Waals surface area (Å²) in [4.78, 5) is 16.3. The average molecular weight is 299 g/mol. The van der Waals surface area contributed by atoms with Crippen LogP contribution in [0.5, 0.6) is 0 Å².